The van der Waals surface area contributed by atoms with Crippen LogP contribution in [0.4, 0.5) is 10.5 Å². The van der Waals surface area contributed by atoms with E-state index in [0.717, 1.165) is 24.1 Å². The number of rotatable bonds is 9. The molecule has 0 aliphatic heterocycles. The highest BCUT2D eigenvalue weighted by Gasteiger charge is 2.08. The molecule has 1 unspecified atom stereocenters. The molecule has 0 radical (unpaired) electrons. The summed E-state index contributed by atoms with van der Waals surface area (Å²) in [5.41, 5.74) is 2.92. The Bertz CT molecular complexity index is 705. The molecule has 0 saturated carbocycles. The van der Waals surface area contributed by atoms with Gasteiger partial charge in [-0.05, 0) is 56.0 Å². The zero-order valence-electron chi connectivity index (χ0n) is 18.5. The van der Waals surface area contributed by atoms with Crippen LogP contribution in [0.5, 0.6) is 5.75 Å². The van der Waals surface area contributed by atoms with Gasteiger partial charge in [0.2, 0.25) is 0 Å². The highest BCUT2D eigenvalue weighted by Crippen LogP contribution is 2.27. The molecule has 0 aromatic heterocycles. The van der Waals surface area contributed by atoms with E-state index < -0.39 is 0 Å². The first-order valence-electron chi connectivity index (χ1n) is 10.6. The van der Waals surface area contributed by atoms with Gasteiger partial charge in [-0.1, -0.05) is 57.2 Å². The lowest BCUT2D eigenvalue weighted by molar-refractivity contribution is 0.253. The van der Waals surface area contributed by atoms with Crippen LogP contribution in [-0.4, -0.2) is 25.7 Å². The highest BCUT2D eigenvalue weighted by atomic mass is 16.5. The summed E-state index contributed by atoms with van der Waals surface area (Å²) in [5.74, 6) is 0.666. The number of benzene rings is 2. The number of amides is 2. The van der Waals surface area contributed by atoms with Crippen molar-refractivity contribution in [1.82, 2.24) is 10.6 Å². The normalized spacial score (nSPS) is 11.1. The summed E-state index contributed by atoms with van der Waals surface area (Å²) in [7, 11) is 1.59. The Kier molecular flexibility index (Phi) is 12.2. The summed E-state index contributed by atoms with van der Waals surface area (Å²) >= 11 is 0. The summed E-state index contributed by atoms with van der Waals surface area (Å²) in [6.45, 7) is 10.3. The van der Waals surface area contributed by atoms with Gasteiger partial charge in [0, 0.05) is 13.1 Å². The second kappa shape index (κ2) is 14.5. The van der Waals surface area contributed by atoms with Crippen molar-refractivity contribution in [3.8, 4) is 5.75 Å². The molecule has 2 aromatic carbocycles. The van der Waals surface area contributed by atoms with Crippen LogP contribution < -0.4 is 20.7 Å². The van der Waals surface area contributed by atoms with Crippen LogP contribution in [0, 0.1) is 0 Å². The Morgan fingerprint density at radius 1 is 1.03 bits per heavy atom. The minimum Gasteiger partial charge on any atom is -0.487 e. The molecule has 160 valence electrons. The molecule has 29 heavy (non-hydrogen) atoms. The number of nitrogens with one attached hydrogen (secondary N) is 3. The third-order valence-corrected chi connectivity index (χ3v) is 4.52. The second-order valence-electron chi connectivity index (χ2n) is 6.93. The topological polar surface area (TPSA) is 62.4 Å². The molecule has 1 atom stereocenters. The summed E-state index contributed by atoms with van der Waals surface area (Å²) in [5, 5.41) is 8.72. The van der Waals surface area contributed by atoms with E-state index in [1.54, 1.807) is 7.05 Å². The first kappa shape index (κ1) is 24.5. The minimum atomic E-state index is -0.257. The molecule has 0 bridgehead atoms. The summed E-state index contributed by atoms with van der Waals surface area (Å²) in [6, 6.07) is 16.2. The van der Waals surface area contributed by atoms with E-state index in [1.807, 2.05) is 48.5 Å². The van der Waals surface area contributed by atoms with Crippen molar-refractivity contribution in [1.29, 1.82) is 0 Å². The fourth-order valence-corrected chi connectivity index (χ4v) is 2.48. The Balaban J connectivity index is 0.000000447. The average Bonchev–Trinajstić information content (AvgIpc) is 2.77. The van der Waals surface area contributed by atoms with E-state index >= 15 is 0 Å². The lowest BCUT2D eigenvalue weighted by atomic mass is 10.1. The molecule has 0 heterocycles. The van der Waals surface area contributed by atoms with E-state index in [4.69, 9.17) is 4.74 Å². The summed E-state index contributed by atoms with van der Waals surface area (Å²) < 4.78 is 5.83. The number of urea groups is 1. The minimum absolute atomic E-state index is 0.257. The van der Waals surface area contributed by atoms with E-state index in [1.165, 1.54) is 12.8 Å². The summed E-state index contributed by atoms with van der Waals surface area (Å²) in [4.78, 5) is 11.5. The van der Waals surface area contributed by atoms with Crippen LogP contribution in [0.2, 0.25) is 0 Å². The van der Waals surface area contributed by atoms with Crippen LogP contribution in [-0.2, 0) is 13.0 Å². The van der Waals surface area contributed by atoms with Gasteiger partial charge in [0.25, 0.3) is 0 Å². The van der Waals surface area contributed by atoms with Crippen molar-refractivity contribution in [3.63, 3.8) is 0 Å². The molecule has 0 aliphatic rings. The van der Waals surface area contributed by atoms with Gasteiger partial charge in [-0.3, -0.25) is 0 Å². The number of anilines is 1. The Morgan fingerprint density at radius 2 is 1.76 bits per heavy atom. The number of hydrogen-bond donors (Lipinski definition) is 3. The number of aryl methyl sites for hydroxylation is 1. The largest absolute Gasteiger partial charge is 0.487 e. The lowest BCUT2D eigenvalue weighted by Crippen LogP contribution is -2.25. The van der Waals surface area contributed by atoms with Crippen LogP contribution in [0.15, 0.2) is 48.5 Å². The van der Waals surface area contributed by atoms with Gasteiger partial charge in [-0.15, -0.1) is 0 Å². The Labute approximate surface area is 176 Å². The molecule has 0 aliphatic carbocycles. The zero-order chi connectivity index (χ0) is 21.5. The number of ether oxygens (including phenoxy) is 1. The molecule has 0 saturated heterocycles. The van der Waals surface area contributed by atoms with Gasteiger partial charge >= 0.3 is 6.03 Å². The van der Waals surface area contributed by atoms with Gasteiger partial charge in [-0.2, -0.15) is 0 Å². The molecule has 3 N–H and O–H groups in total. The Morgan fingerprint density at radius 3 is 2.34 bits per heavy atom. The van der Waals surface area contributed by atoms with Crippen molar-refractivity contribution in [3.05, 3.63) is 59.7 Å². The molecule has 0 spiro atoms. The first-order valence-corrected chi connectivity index (χ1v) is 10.6. The molecule has 2 rings (SSSR count). The first-order chi connectivity index (χ1) is 14.0. The standard InChI is InChI=1S/C17H20N2O2.C7H17N/c1-3-13-9-10-16(15(11-13)19-17(20)18-2)21-12-14-7-5-4-6-8-14;1-4-6-8-7(3)5-2/h4-11H,3,12H2,1-2H3,(H2,18,19,20);7-8H,4-6H2,1-3H3. The fraction of sp³-hybridized carbons (Fsp3) is 0.458. The predicted octanol–water partition coefficient (Wildman–Crippen LogP) is 5.36. The quantitative estimate of drug-likeness (QED) is 0.532. The molecule has 5 heteroatoms. The maximum atomic E-state index is 11.5. The van der Waals surface area contributed by atoms with Crippen molar-refractivity contribution in [2.24, 2.45) is 0 Å². The second-order valence-corrected chi connectivity index (χ2v) is 6.93. The monoisotopic (exact) mass is 399 g/mol. The zero-order valence-corrected chi connectivity index (χ0v) is 18.5. The van der Waals surface area contributed by atoms with Crippen LogP contribution in [0.25, 0.3) is 0 Å². The highest BCUT2D eigenvalue weighted by molar-refractivity contribution is 5.90. The van der Waals surface area contributed by atoms with E-state index in [-0.39, 0.29) is 6.03 Å². The number of carbonyl (C=O) groups is 1. The molecule has 5 nitrogen and oxygen atoms in total. The molecular weight excluding hydrogens is 362 g/mol. The van der Waals surface area contributed by atoms with Gasteiger partial charge in [0.15, 0.2) is 0 Å². The maximum Gasteiger partial charge on any atom is 0.319 e. The number of carbonyl (C=O) groups excluding carboxylic acids is 1. The van der Waals surface area contributed by atoms with Gasteiger partial charge < -0.3 is 20.7 Å². The van der Waals surface area contributed by atoms with Crippen LogP contribution in [0.1, 0.15) is 51.7 Å². The summed E-state index contributed by atoms with van der Waals surface area (Å²) in [6.07, 6.45) is 3.38. The van der Waals surface area contributed by atoms with Gasteiger partial charge in [0.05, 0.1) is 5.69 Å². The smallest absolute Gasteiger partial charge is 0.319 e. The van der Waals surface area contributed by atoms with Gasteiger partial charge in [0.1, 0.15) is 12.4 Å². The third kappa shape index (κ3) is 9.99. The maximum absolute atomic E-state index is 11.5. The van der Waals surface area contributed by atoms with Crippen molar-refractivity contribution in [2.45, 2.75) is 59.6 Å². The van der Waals surface area contributed by atoms with E-state index in [9.17, 15) is 4.79 Å². The molecular formula is C24H37N3O2. The number of hydrogen-bond acceptors (Lipinski definition) is 3. The third-order valence-electron chi connectivity index (χ3n) is 4.52. The van der Waals surface area contributed by atoms with Gasteiger partial charge in [-0.25, -0.2) is 4.79 Å². The van der Waals surface area contributed by atoms with E-state index in [2.05, 4.69) is 43.6 Å². The van der Waals surface area contributed by atoms with Crippen LogP contribution in [0.3, 0.4) is 0 Å². The van der Waals surface area contributed by atoms with Crippen molar-refractivity contribution < 1.29 is 9.53 Å². The average molecular weight is 400 g/mol. The molecule has 2 aromatic rings. The van der Waals surface area contributed by atoms with Crippen LogP contribution >= 0.6 is 0 Å². The van der Waals surface area contributed by atoms with Crippen molar-refractivity contribution in [2.75, 3.05) is 18.9 Å². The predicted molar refractivity (Wildman–Crippen MR) is 123 cm³/mol. The Hall–Kier alpha value is -2.53. The van der Waals surface area contributed by atoms with E-state index in [0.29, 0.717) is 24.1 Å². The van der Waals surface area contributed by atoms with Crippen molar-refractivity contribution >= 4 is 11.7 Å². The molecule has 0 fully saturated rings. The molecule has 2 amide bonds. The lowest BCUT2D eigenvalue weighted by Gasteiger charge is -2.14. The SMILES string of the molecule is CCCNC(C)CC.CCc1ccc(OCc2ccccc2)c(NC(=O)NC)c1. The fourth-order valence-electron chi connectivity index (χ4n) is 2.48.